The van der Waals surface area contributed by atoms with Crippen molar-refractivity contribution in [2.24, 2.45) is 0 Å². The predicted molar refractivity (Wildman–Crippen MR) is 79.1 cm³/mol. The van der Waals surface area contributed by atoms with Crippen molar-refractivity contribution < 1.29 is 14.6 Å². The van der Waals surface area contributed by atoms with Crippen molar-refractivity contribution in [3.05, 3.63) is 51.5 Å². The summed E-state index contributed by atoms with van der Waals surface area (Å²) >= 11 is 11.9. The molecule has 0 unspecified atom stereocenters. The highest BCUT2D eigenvalue weighted by atomic mass is 35.5. The largest absolute Gasteiger partial charge is 0.478 e. The van der Waals surface area contributed by atoms with Gasteiger partial charge < -0.3 is 15.6 Å². The SMILES string of the molecule is Cc1cc(Oc2c(Cl)cc(N)cc2C(=O)O)ccc1Cl. The van der Waals surface area contributed by atoms with Crippen molar-refractivity contribution >= 4 is 34.9 Å². The molecule has 0 amide bonds. The Morgan fingerprint density at radius 2 is 1.90 bits per heavy atom. The van der Waals surface area contributed by atoms with Gasteiger partial charge >= 0.3 is 5.97 Å². The van der Waals surface area contributed by atoms with Gasteiger partial charge in [-0.1, -0.05) is 23.2 Å². The van der Waals surface area contributed by atoms with E-state index < -0.39 is 5.97 Å². The Kier molecular flexibility index (Phi) is 4.06. The molecule has 2 aromatic carbocycles. The lowest BCUT2D eigenvalue weighted by atomic mass is 10.1. The number of carboxylic acids is 1. The van der Waals surface area contributed by atoms with E-state index in [1.54, 1.807) is 18.2 Å². The minimum absolute atomic E-state index is 0.0510. The molecular formula is C14H11Cl2NO3. The maximum Gasteiger partial charge on any atom is 0.339 e. The summed E-state index contributed by atoms with van der Waals surface area (Å²) in [6, 6.07) is 7.73. The predicted octanol–water partition coefficient (Wildman–Crippen LogP) is 4.37. The minimum atomic E-state index is -1.17. The third kappa shape index (κ3) is 2.98. The van der Waals surface area contributed by atoms with Crippen molar-refractivity contribution in [1.82, 2.24) is 0 Å². The van der Waals surface area contributed by atoms with Crippen LogP contribution in [0.15, 0.2) is 30.3 Å². The number of halogens is 2. The molecule has 0 fully saturated rings. The average molecular weight is 312 g/mol. The van der Waals surface area contributed by atoms with E-state index in [-0.39, 0.29) is 22.0 Å². The highest BCUT2D eigenvalue weighted by Crippen LogP contribution is 2.36. The van der Waals surface area contributed by atoms with Gasteiger partial charge in [-0.05, 0) is 42.8 Å². The molecule has 2 rings (SSSR count). The number of hydrogen-bond acceptors (Lipinski definition) is 3. The molecule has 0 radical (unpaired) electrons. The van der Waals surface area contributed by atoms with Gasteiger partial charge in [-0.25, -0.2) is 4.79 Å². The van der Waals surface area contributed by atoms with Gasteiger partial charge in [0.1, 0.15) is 11.3 Å². The minimum Gasteiger partial charge on any atom is -0.478 e. The van der Waals surface area contributed by atoms with Crippen LogP contribution in [0.1, 0.15) is 15.9 Å². The number of nitrogen functional groups attached to an aromatic ring is 1. The third-order valence-electron chi connectivity index (χ3n) is 2.65. The summed E-state index contributed by atoms with van der Waals surface area (Å²) in [5, 5.41) is 9.91. The molecule has 4 nitrogen and oxygen atoms in total. The second kappa shape index (κ2) is 5.61. The van der Waals surface area contributed by atoms with Crippen LogP contribution < -0.4 is 10.5 Å². The maximum absolute atomic E-state index is 11.2. The molecule has 3 N–H and O–H groups in total. The zero-order valence-corrected chi connectivity index (χ0v) is 12.0. The summed E-state index contributed by atoms with van der Waals surface area (Å²) in [6.07, 6.45) is 0. The Balaban J connectivity index is 2.47. The zero-order valence-electron chi connectivity index (χ0n) is 10.5. The summed E-state index contributed by atoms with van der Waals surface area (Å²) in [5.74, 6) is -0.670. The first-order valence-corrected chi connectivity index (χ1v) is 6.40. The molecule has 0 bridgehead atoms. The third-order valence-corrected chi connectivity index (χ3v) is 3.35. The number of ether oxygens (including phenoxy) is 1. The first kappa shape index (κ1) is 14.5. The van der Waals surface area contributed by atoms with E-state index in [1.165, 1.54) is 12.1 Å². The number of nitrogens with two attached hydrogens (primary N) is 1. The van der Waals surface area contributed by atoms with E-state index in [0.717, 1.165) is 5.56 Å². The van der Waals surface area contributed by atoms with E-state index >= 15 is 0 Å². The molecule has 104 valence electrons. The van der Waals surface area contributed by atoms with Gasteiger partial charge in [0, 0.05) is 10.7 Å². The van der Waals surface area contributed by atoms with Gasteiger partial charge in [0.25, 0.3) is 0 Å². The standard InChI is InChI=1S/C14H11Cl2NO3/c1-7-4-9(2-3-11(7)15)20-13-10(14(18)19)5-8(17)6-12(13)16/h2-6H,17H2,1H3,(H,18,19). The highest BCUT2D eigenvalue weighted by molar-refractivity contribution is 6.33. The van der Waals surface area contributed by atoms with Crippen molar-refractivity contribution in [3.8, 4) is 11.5 Å². The average Bonchev–Trinajstić information content (AvgIpc) is 2.36. The molecule has 0 aliphatic heterocycles. The van der Waals surface area contributed by atoms with Crippen LogP contribution in [0, 0.1) is 6.92 Å². The molecule has 0 aliphatic rings. The van der Waals surface area contributed by atoms with E-state index in [2.05, 4.69) is 0 Å². The molecule has 2 aromatic rings. The number of benzene rings is 2. The van der Waals surface area contributed by atoms with Crippen LogP contribution in [-0.2, 0) is 0 Å². The lowest BCUT2D eigenvalue weighted by Gasteiger charge is -2.12. The van der Waals surface area contributed by atoms with Crippen molar-refractivity contribution in [3.63, 3.8) is 0 Å². The maximum atomic E-state index is 11.2. The lowest BCUT2D eigenvalue weighted by Crippen LogP contribution is -2.02. The Labute approximate surface area is 125 Å². The second-order valence-corrected chi connectivity index (χ2v) is 5.01. The smallest absolute Gasteiger partial charge is 0.339 e. The van der Waals surface area contributed by atoms with Crippen molar-refractivity contribution in [2.75, 3.05) is 5.73 Å². The molecule has 0 spiro atoms. The van der Waals surface area contributed by atoms with E-state index in [4.69, 9.17) is 33.7 Å². The van der Waals surface area contributed by atoms with Gasteiger partial charge in [-0.2, -0.15) is 0 Å². The fourth-order valence-corrected chi connectivity index (χ4v) is 2.06. The number of aromatic carboxylic acids is 1. The lowest BCUT2D eigenvalue weighted by molar-refractivity contribution is 0.0694. The molecule has 0 saturated heterocycles. The first-order chi connectivity index (χ1) is 9.38. The Morgan fingerprint density at radius 1 is 1.20 bits per heavy atom. The summed E-state index contributed by atoms with van der Waals surface area (Å²) in [5.41, 5.74) is 6.56. The number of hydrogen-bond donors (Lipinski definition) is 2. The monoisotopic (exact) mass is 311 g/mol. The zero-order chi connectivity index (χ0) is 14.9. The van der Waals surface area contributed by atoms with Gasteiger partial charge in [0.05, 0.1) is 5.02 Å². The van der Waals surface area contributed by atoms with Crippen molar-refractivity contribution in [1.29, 1.82) is 0 Å². The fraction of sp³-hybridized carbons (Fsp3) is 0.0714. The van der Waals surface area contributed by atoms with Gasteiger partial charge in [-0.15, -0.1) is 0 Å². The first-order valence-electron chi connectivity index (χ1n) is 5.65. The highest BCUT2D eigenvalue weighted by Gasteiger charge is 2.17. The summed E-state index contributed by atoms with van der Waals surface area (Å²) in [4.78, 5) is 11.2. The molecule has 0 saturated carbocycles. The Bertz CT molecular complexity index is 686. The number of anilines is 1. The molecule has 0 heterocycles. The van der Waals surface area contributed by atoms with Crippen LogP contribution in [0.25, 0.3) is 0 Å². The van der Waals surface area contributed by atoms with Gasteiger partial charge in [0.15, 0.2) is 5.75 Å². The number of aryl methyl sites for hydroxylation is 1. The van der Waals surface area contributed by atoms with Gasteiger partial charge in [0.2, 0.25) is 0 Å². The second-order valence-electron chi connectivity index (χ2n) is 4.20. The summed E-state index contributed by atoms with van der Waals surface area (Å²) in [6.45, 7) is 1.82. The van der Waals surface area contributed by atoms with Crippen LogP contribution in [0.3, 0.4) is 0 Å². The van der Waals surface area contributed by atoms with E-state index in [0.29, 0.717) is 10.8 Å². The van der Waals surface area contributed by atoms with E-state index in [1.807, 2.05) is 6.92 Å². The van der Waals surface area contributed by atoms with Crippen LogP contribution in [-0.4, -0.2) is 11.1 Å². The number of carbonyl (C=O) groups is 1. The Hall–Kier alpha value is -1.91. The van der Waals surface area contributed by atoms with Crippen molar-refractivity contribution in [2.45, 2.75) is 6.92 Å². The molecular weight excluding hydrogens is 301 g/mol. The van der Waals surface area contributed by atoms with Gasteiger partial charge in [-0.3, -0.25) is 0 Å². The Morgan fingerprint density at radius 3 is 2.50 bits per heavy atom. The van der Waals surface area contributed by atoms with E-state index in [9.17, 15) is 9.90 Å². The summed E-state index contributed by atoms with van der Waals surface area (Å²) < 4.78 is 5.57. The van der Waals surface area contributed by atoms with Crippen LogP contribution >= 0.6 is 23.2 Å². The van der Waals surface area contributed by atoms with Crippen LogP contribution in [0.2, 0.25) is 10.0 Å². The number of rotatable bonds is 3. The number of carboxylic acid groups (broad SMARTS) is 1. The molecule has 20 heavy (non-hydrogen) atoms. The molecule has 0 atom stereocenters. The topological polar surface area (TPSA) is 72.5 Å². The fourth-order valence-electron chi connectivity index (χ4n) is 1.68. The molecule has 0 aliphatic carbocycles. The van der Waals surface area contributed by atoms with Crippen LogP contribution in [0.5, 0.6) is 11.5 Å². The molecule has 6 heteroatoms. The normalized spacial score (nSPS) is 10.3. The summed E-state index contributed by atoms with van der Waals surface area (Å²) in [7, 11) is 0. The molecule has 0 aromatic heterocycles. The quantitative estimate of drug-likeness (QED) is 0.825. The van der Waals surface area contributed by atoms with Crippen LogP contribution in [0.4, 0.5) is 5.69 Å².